The fourth-order valence-electron chi connectivity index (χ4n) is 2.17. The van der Waals surface area contributed by atoms with E-state index in [4.69, 9.17) is 16.3 Å². The van der Waals surface area contributed by atoms with Crippen LogP contribution in [-0.2, 0) is 9.53 Å². The number of hydrogen-bond donors (Lipinski definition) is 1. The highest BCUT2D eigenvalue weighted by Crippen LogP contribution is 2.31. The molecule has 0 spiro atoms. The molecule has 0 radical (unpaired) electrons. The van der Waals surface area contributed by atoms with Crippen molar-refractivity contribution >= 4 is 29.0 Å². The average Bonchev–Trinajstić information content (AvgIpc) is 2.45. The maximum Gasteiger partial charge on any atom is 0.332 e. The molecule has 1 N–H and O–H groups in total. The lowest BCUT2D eigenvalue weighted by Crippen LogP contribution is -2.53. The fourth-order valence-corrected chi connectivity index (χ4v) is 2.38. The standard InChI is InChI=1S/C11H14ClN5O4/c1-6-8(17(19)20)9(15-11(12)14-6)16-3-4-21-5-7(16)10(18)13-2/h7H,3-5H2,1-2H3,(H,13,18). The van der Waals surface area contributed by atoms with Crippen LogP contribution in [0, 0.1) is 17.0 Å². The highest BCUT2D eigenvalue weighted by atomic mass is 35.5. The summed E-state index contributed by atoms with van der Waals surface area (Å²) < 4.78 is 5.27. The number of nitro groups is 1. The van der Waals surface area contributed by atoms with Gasteiger partial charge in [-0.1, -0.05) is 0 Å². The molecule has 1 aromatic rings. The molecule has 1 aromatic heterocycles. The van der Waals surface area contributed by atoms with Crippen molar-refractivity contribution in [2.45, 2.75) is 13.0 Å². The van der Waals surface area contributed by atoms with Gasteiger partial charge in [-0.2, -0.15) is 4.98 Å². The Hall–Kier alpha value is -2.00. The highest BCUT2D eigenvalue weighted by Gasteiger charge is 2.35. The summed E-state index contributed by atoms with van der Waals surface area (Å²) in [4.78, 5) is 31.9. The molecule has 0 saturated carbocycles. The van der Waals surface area contributed by atoms with Crippen LogP contribution in [0.1, 0.15) is 5.69 Å². The zero-order valence-corrected chi connectivity index (χ0v) is 12.3. The van der Waals surface area contributed by atoms with Crippen LogP contribution in [0.5, 0.6) is 0 Å². The summed E-state index contributed by atoms with van der Waals surface area (Å²) in [5.74, 6) is -0.272. The first-order valence-corrected chi connectivity index (χ1v) is 6.58. The Labute approximate surface area is 125 Å². The SMILES string of the molecule is CNC(=O)C1COCCN1c1nc(Cl)nc(C)c1[N+](=O)[O-]. The number of nitrogens with zero attached hydrogens (tertiary/aromatic N) is 4. The lowest BCUT2D eigenvalue weighted by atomic mass is 10.2. The molecular weight excluding hydrogens is 302 g/mol. The second kappa shape index (κ2) is 6.19. The van der Waals surface area contributed by atoms with Crippen LogP contribution in [0.3, 0.4) is 0 Å². The van der Waals surface area contributed by atoms with E-state index < -0.39 is 11.0 Å². The maximum atomic E-state index is 11.9. The molecule has 9 nitrogen and oxygen atoms in total. The molecule has 0 aliphatic carbocycles. The number of likely N-dealkylation sites (N-methyl/N-ethyl adjacent to an activating group) is 1. The molecule has 1 saturated heterocycles. The van der Waals surface area contributed by atoms with Gasteiger partial charge in [-0.15, -0.1) is 0 Å². The monoisotopic (exact) mass is 315 g/mol. The van der Waals surface area contributed by atoms with Gasteiger partial charge in [-0.3, -0.25) is 14.9 Å². The second-order valence-electron chi connectivity index (χ2n) is 4.41. The van der Waals surface area contributed by atoms with E-state index in [1.807, 2.05) is 0 Å². The minimum absolute atomic E-state index is 0.0365. The summed E-state index contributed by atoms with van der Waals surface area (Å²) in [7, 11) is 1.49. The molecule has 1 amide bonds. The van der Waals surface area contributed by atoms with Crippen LogP contribution in [0.2, 0.25) is 5.28 Å². The van der Waals surface area contributed by atoms with Gasteiger partial charge in [-0.05, 0) is 18.5 Å². The van der Waals surface area contributed by atoms with E-state index in [1.54, 1.807) is 0 Å². The first kappa shape index (κ1) is 15.4. The van der Waals surface area contributed by atoms with Crippen LogP contribution >= 0.6 is 11.6 Å². The van der Waals surface area contributed by atoms with E-state index in [-0.39, 0.29) is 35.0 Å². The third-order valence-corrected chi connectivity index (χ3v) is 3.31. The topological polar surface area (TPSA) is 110 Å². The van der Waals surface area contributed by atoms with Gasteiger partial charge >= 0.3 is 5.69 Å². The smallest absolute Gasteiger partial charge is 0.332 e. The number of aromatic nitrogens is 2. The van der Waals surface area contributed by atoms with E-state index >= 15 is 0 Å². The Morgan fingerprint density at radius 3 is 2.90 bits per heavy atom. The fraction of sp³-hybridized carbons (Fsp3) is 0.545. The Morgan fingerprint density at radius 1 is 1.57 bits per heavy atom. The van der Waals surface area contributed by atoms with E-state index in [0.717, 1.165) is 0 Å². The van der Waals surface area contributed by atoms with Gasteiger partial charge in [0.25, 0.3) is 0 Å². The number of carbonyl (C=O) groups excluding carboxylic acids is 1. The van der Waals surface area contributed by atoms with Crippen molar-refractivity contribution in [2.24, 2.45) is 0 Å². The Morgan fingerprint density at radius 2 is 2.29 bits per heavy atom. The summed E-state index contributed by atoms with van der Waals surface area (Å²) in [6, 6.07) is -0.701. The highest BCUT2D eigenvalue weighted by molar-refractivity contribution is 6.28. The van der Waals surface area contributed by atoms with Crippen LogP contribution < -0.4 is 10.2 Å². The van der Waals surface area contributed by atoms with Crippen molar-refractivity contribution in [3.05, 3.63) is 21.1 Å². The summed E-state index contributed by atoms with van der Waals surface area (Å²) in [5.41, 5.74) is -0.104. The largest absolute Gasteiger partial charge is 0.377 e. The van der Waals surface area contributed by atoms with Gasteiger partial charge in [-0.25, -0.2) is 4.98 Å². The first-order valence-electron chi connectivity index (χ1n) is 6.20. The lowest BCUT2D eigenvalue weighted by Gasteiger charge is -2.34. The van der Waals surface area contributed by atoms with Gasteiger partial charge < -0.3 is 15.0 Å². The Kier molecular flexibility index (Phi) is 4.53. The Balaban J connectivity index is 2.52. The number of amides is 1. The van der Waals surface area contributed by atoms with Crippen LogP contribution in [-0.4, -0.2) is 53.6 Å². The maximum absolute atomic E-state index is 11.9. The van der Waals surface area contributed by atoms with E-state index in [0.29, 0.717) is 13.2 Å². The molecule has 10 heteroatoms. The molecule has 1 aliphatic rings. The number of anilines is 1. The zero-order valence-electron chi connectivity index (χ0n) is 11.5. The van der Waals surface area contributed by atoms with E-state index in [9.17, 15) is 14.9 Å². The van der Waals surface area contributed by atoms with Crippen molar-refractivity contribution in [3.8, 4) is 0 Å². The molecule has 1 fully saturated rings. The van der Waals surface area contributed by atoms with Gasteiger partial charge in [0.05, 0.1) is 18.1 Å². The molecule has 21 heavy (non-hydrogen) atoms. The van der Waals surface area contributed by atoms with Crippen LogP contribution in [0.15, 0.2) is 0 Å². The molecule has 1 unspecified atom stereocenters. The number of ether oxygens (including phenoxy) is 1. The minimum Gasteiger partial charge on any atom is -0.377 e. The number of carbonyl (C=O) groups is 1. The van der Waals surface area contributed by atoms with E-state index in [1.165, 1.54) is 18.9 Å². The van der Waals surface area contributed by atoms with Crippen LogP contribution in [0.25, 0.3) is 0 Å². The number of nitrogens with one attached hydrogen (secondary N) is 1. The predicted octanol–water partition coefficient (Wildman–Crippen LogP) is 0.298. The third kappa shape index (κ3) is 3.03. The molecular formula is C11H14ClN5O4. The van der Waals surface area contributed by atoms with Gasteiger partial charge in [0.15, 0.2) is 0 Å². The minimum atomic E-state index is -0.701. The zero-order chi connectivity index (χ0) is 15.6. The quantitative estimate of drug-likeness (QED) is 0.485. The normalized spacial score (nSPS) is 18.4. The van der Waals surface area contributed by atoms with Crippen molar-refractivity contribution in [3.63, 3.8) is 0 Å². The van der Waals surface area contributed by atoms with Gasteiger partial charge in [0.2, 0.25) is 17.0 Å². The predicted molar refractivity (Wildman–Crippen MR) is 74.5 cm³/mol. The summed E-state index contributed by atoms with van der Waals surface area (Å²) >= 11 is 5.80. The summed E-state index contributed by atoms with van der Waals surface area (Å²) in [6.07, 6.45) is 0. The van der Waals surface area contributed by atoms with Crippen molar-refractivity contribution in [2.75, 3.05) is 31.7 Å². The molecule has 1 atom stereocenters. The summed E-state index contributed by atoms with van der Waals surface area (Å²) in [6.45, 7) is 2.24. The van der Waals surface area contributed by atoms with Crippen LogP contribution in [0.4, 0.5) is 11.5 Å². The van der Waals surface area contributed by atoms with E-state index in [2.05, 4.69) is 15.3 Å². The lowest BCUT2D eigenvalue weighted by molar-refractivity contribution is -0.385. The van der Waals surface area contributed by atoms with Crippen molar-refractivity contribution in [1.82, 2.24) is 15.3 Å². The summed E-state index contributed by atoms with van der Waals surface area (Å²) in [5, 5.41) is 13.7. The number of morpholine rings is 1. The number of hydrogen-bond acceptors (Lipinski definition) is 7. The van der Waals surface area contributed by atoms with Gasteiger partial charge in [0, 0.05) is 13.6 Å². The molecule has 2 heterocycles. The third-order valence-electron chi connectivity index (χ3n) is 3.14. The molecule has 1 aliphatic heterocycles. The molecule has 114 valence electrons. The molecule has 2 rings (SSSR count). The van der Waals surface area contributed by atoms with Crippen molar-refractivity contribution in [1.29, 1.82) is 0 Å². The van der Waals surface area contributed by atoms with Crippen molar-refractivity contribution < 1.29 is 14.5 Å². The Bertz CT molecular complexity index is 582. The average molecular weight is 316 g/mol. The number of rotatable bonds is 3. The number of aryl methyl sites for hydroxylation is 1. The molecule has 0 aromatic carbocycles. The van der Waals surface area contributed by atoms with Gasteiger partial charge in [0.1, 0.15) is 11.7 Å². The first-order chi connectivity index (χ1) is 9.95. The second-order valence-corrected chi connectivity index (χ2v) is 4.74. The molecule has 0 bridgehead atoms. The number of halogens is 1.